The number of nitrogen functional groups attached to an aromatic ring is 1. The first kappa shape index (κ1) is 15.1. The van der Waals surface area contributed by atoms with Crippen LogP contribution in [0.4, 0.5) is 11.4 Å². The van der Waals surface area contributed by atoms with Gasteiger partial charge in [0.05, 0.1) is 37.1 Å². The van der Waals surface area contributed by atoms with Gasteiger partial charge in [0.2, 0.25) is 5.91 Å². The fourth-order valence-corrected chi connectivity index (χ4v) is 2.20. The van der Waals surface area contributed by atoms with Gasteiger partial charge in [0.25, 0.3) is 0 Å². The van der Waals surface area contributed by atoms with E-state index in [2.05, 4.69) is 5.32 Å². The van der Waals surface area contributed by atoms with Crippen LogP contribution in [0.2, 0.25) is 5.02 Å². The van der Waals surface area contributed by atoms with Gasteiger partial charge in [-0.3, -0.25) is 4.79 Å². The number of rotatable bonds is 6. The molecule has 1 aromatic rings. The van der Waals surface area contributed by atoms with Crippen molar-refractivity contribution in [2.24, 2.45) is 0 Å². The standard InChI is InChI=1S/C14H19ClN2O3/c15-10-3-4-13(12(16)8-10)17-14(18)5-7-19-9-11-2-1-6-20-11/h3-4,8,11H,1-2,5-7,9,16H2,(H,17,18). The van der Waals surface area contributed by atoms with Gasteiger partial charge in [-0.25, -0.2) is 0 Å². The van der Waals surface area contributed by atoms with E-state index in [1.54, 1.807) is 18.2 Å². The summed E-state index contributed by atoms with van der Waals surface area (Å²) in [5, 5.41) is 3.27. The fraction of sp³-hybridized carbons (Fsp3) is 0.500. The summed E-state index contributed by atoms with van der Waals surface area (Å²) in [5.74, 6) is -0.133. The van der Waals surface area contributed by atoms with Crippen LogP contribution in [0.5, 0.6) is 0 Å². The van der Waals surface area contributed by atoms with Gasteiger partial charge in [0.1, 0.15) is 0 Å². The molecule has 1 fully saturated rings. The van der Waals surface area contributed by atoms with Crippen molar-refractivity contribution in [2.75, 3.05) is 30.9 Å². The normalized spacial score (nSPS) is 18.1. The molecule has 0 bridgehead atoms. The minimum atomic E-state index is -0.133. The summed E-state index contributed by atoms with van der Waals surface area (Å²) in [5.41, 5.74) is 6.78. The SMILES string of the molecule is Nc1cc(Cl)ccc1NC(=O)CCOCC1CCCO1. The third-order valence-corrected chi connectivity index (χ3v) is 3.32. The highest BCUT2D eigenvalue weighted by Gasteiger charge is 2.15. The summed E-state index contributed by atoms with van der Waals surface area (Å²) in [6, 6.07) is 4.97. The highest BCUT2D eigenvalue weighted by atomic mass is 35.5. The van der Waals surface area contributed by atoms with Crippen molar-refractivity contribution in [1.82, 2.24) is 0 Å². The number of benzene rings is 1. The molecule has 110 valence electrons. The molecule has 1 atom stereocenters. The molecule has 5 nitrogen and oxygen atoms in total. The van der Waals surface area contributed by atoms with E-state index in [1.165, 1.54) is 0 Å². The van der Waals surface area contributed by atoms with Crippen molar-refractivity contribution < 1.29 is 14.3 Å². The first-order chi connectivity index (χ1) is 9.65. The largest absolute Gasteiger partial charge is 0.397 e. The van der Waals surface area contributed by atoms with E-state index in [1.807, 2.05) is 0 Å². The van der Waals surface area contributed by atoms with Crippen LogP contribution in [0.1, 0.15) is 19.3 Å². The number of halogens is 1. The van der Waals surface area contributed by atoms with E-state index in [9.17, 15) is 4.79 Å². The third-order valence-electron chi connectivity index (χ3n) is 3.09. The van der Waals surface area contributed by atoms with Gasteiger partial charge in [0.15, 0.2) is 0 Å². The van der Waals surface area contributed by atoms with E-state index in [0.717, 1.165) is 19.4 Å². The van der Waals surface area contributed by atoms with Gasteiger partial charge in [-0.15, -0.1) is 0 Å². The lowest BCUT2D eigenvalue weighted by Crippen LogP contribution is -2.18. The summed E-state index contributed by atoms with van der Waals surface area (Å²) in [6.45, 7) is 1.74. The number of anilines is 2. The molecule has 1 amide bonds. The lowest BCUT2D eigenvalue weighted by molar-refractivity contribution is -0.117. The Labute approximate surface area is 123 Å². The molecule has 0 radical (unpaired) electrons. The smallest absolute Gasteiger partial charge is 0.226 e. The topological polar surface area (TPSA) is 73.6 Å². The Morgan fingerprint density at radius 1 is 1.55 bits per heavy atom. The number of hydrogen-bond acceptors (Lipinski definition) is 4. The van der Waals surface area contributed by atoms with Crippen LogP contribution < -0.4 is 11.1 Å². The van der Waals surface area contributed by atoms with Crippen LogP contribution in [0.25, 0.3) is 0 Å². The monoisotopic (exact) mass is 298 g/mol. The molecule has 0 aliphatic carbocycles. The summed E-state index contributed by atoms with van der Waals surface area (Å²) < 4.78 is 10.9. The molecule has 3 N–H and O–H groups in total. The Hall–Kier alpha value is -1.30. The summed E-state index contributed by atoms with van der Waals surface area (Å²) in [6.07, 6.45) is 2.59. The van der Waals surface area contributed by atoms with Gasteiger partial charge >= 0.3 is 0 Å². The molecule has 0 spiro atoms. The summed E-state index contributed by atoms with van der Waals surface area (Å²) in [7, 11) is 0. The minimum absolute atomic E-state index is 0.133. The highest BCUT2D eigenvalue weighted by molar-refractivity contribution is 6.31. The van der Waals surface area contributed by atoms with Crippen molar-refractivity contribution in [3.05, 3.63) is 23.2 Å². The maximum absolute atomic E-state index is 11.7. The predicted molar refractivity (Wildman–Crippen MR) is 78.9 cm³/mol. The average Bonchev–Trinajstić information content (AvgIpc) is 2.91. The van der Waals surface area contributed by atoms with Crippen molar-refractivity contribution in [3.8, 4) is 0 Å². The summed E-state index contributed by atoms with van der Waals surface area (Å²) >= 11 is 5.79. The van der Waals surface area contributed by atoms with Crippen LogP contribution in [0.3, 0.4) is 0 Å². The second kappa shape index (κ2) is 7.47. The van der Waals surface area contributed by atoms with Gasteiger partial charge in [-0.2, -0.15) is 0 Å². The van der Waals surface area contributed by atoms with E-state index < -0.39 is 0 Å². The Morgan fingerprint density at radius 3 is 3.10 bits per heavy atom. The van der Waals surface area contributed by atoms with Gasteiger partial charge in [0, 0.05) is 11.6 Å². The van der Waals surface area contributed by atoms with Crippen LogP contribution in [-0.4, -0.2) is 31.8 Å². The second-order valence-corrected chi connectivity index (χ2v) is 5.18. The number of carbonyl (C=O) groups excluding carboxylic acids is 1. The van der Waals surface area contributed by atoms with Crippen molar-refractivity contribution in [3.63, 3.8) is 0 Å². The molecule has 1 saturated heterocycles. The Balaban J connectivity index is 1.67. The quantitative estimate of drug-likeness (QED) is 0.625. The Bertz CT molecular complexity index is 462. The number of nitrogens with one attached hydrogen (secondary N) is 1. The molecule has 1 unspecified atom stereocenters. The molecule has 6 heteroatoms. The zero-order chi connectivity index (χ0) is 14.4. The minimum Gasteiger partial charge on any atom is -0.397 e. The molecular formula is C14H19ClN2O3. The Kier molecular flexibility index (Phi) is 5.64. The molecule has 1 aliphatic rings. The lowest BCUT2D eigenvalue weighted by atomic mass is 10.2. The van der Waals surface area contributed by atoms with Crippen LogP contribution >= 0.6 is 11.6 Å². The average molecular weight is 299 g/mol. The fourth-order valence-electron chi connectivity index (χ4n) is 2.02. The number of carbonyl (C=O) groups is 1. The van der Waals surface area contributed by atoms with Crippen molar-refractivity contribution >= 4 is 28.9 Å². The van der Waals surface area contributed by atoms with Crippen LogP contribution in [-0.2, 0) is 14.3 Å². The molecule has 2 rings (SSSR count). The van der Waals surface area contributed by atoms with Gasteiger partial charge in [-0.1, -0.05) is 11.6 Å². The number of nitrogens with two attached hydrogens (primary N) is 1. The first-order valence-electron chi connectivity index (χ1n) is 6.69. The van der Waals surface area contributed by atoms with Crippen molar-refractivity contribution in [1.29, 1.82) is 0 Å². The van der Waals surface area contributed by atoms with E-state index in [4.69, 9.17) is 26.8 Å². The molecular weight excluding hydrogens is 280 g/mol. The molecule has 0 aromatic heterocycles. The maximum Gasteiger partial charge on any atom is 0.226 e. The molecule has 0 saturated carbocycles. The zero-order valence-electron chi connectivity index (χ0n) is 11.2. The number of ether oxygens (including phenoxy) is 2. The summed E-state index contributed by atoms with van der Waals surface area (Å²) in [4.78, 5) is 11.7. The van der Waals surface area contributed by atoms with Gasteiger partial charge in [-0.05, 0) is 31.0 Å². The van der Waals surface area contributed by atoms with E-state index in [-0.39, 0.29) is 18.4 Å². The zero-order valence-corrected chi connectivity index (χ0v) is 12.0. The predicted octanol–water partition coefficient (Wildman–Crippen LogP) is 2.45. The second-order valence-electron chi connectivity index (χ2n) is 4.74. The third kappa shape index (κ3) is 4.67. The molecule has 1 aromatic carbocycles. The highest BCUT2D eigenvalue weighted by Crippen LogP contribution is 2.22. The van der Waals surface area contributed by atoms with Crippen molar-refractivity contribution in [2.45, 2.75) is 25.4 Å². The van der Waals surface area contributed by atoms with Crippen LogP contribution in [0.15, 0.2) is 18.2 Å². The number of hydrogen-bond donors (Lipinski definition) is 2. The van der Waals surface area contributed by atoms with Crippen LogP contribution in [0, 0.1) is 0 Å². The maximum atomic E-state index is 11.7. The van der Waals surface area contributed by atoms with Gasteiger partial charge < -0.3 is 20.5 Å². The molecule has 1 heterocycles. The van der Waals surface area contributed by atoms with E-state index >= 15 is 0 Å². The molecule has 1 aliphatic heterocycles. The Morgan fingerprint density at radius 2 is 2.40 bits per heavy atom. The first-order valence-corrected chi connectivity index (χ1v) is 7.07. The number of amides is 1. The lowest BCUT2D eigenvalue weighted by Gasteiger charge is -2.11. The van der Waals surface area contributed by atoms with E-state index in [0.29, 0.717) is 29.6 Å². The molecule has 20 heavy (non-hydrogen) atoms.